The zero-order valence-electron chi connectivity index (χ0n) is 13.7. The van der Waals surface area contributed by atoms with Crippen LogP contribution in [0.25, 0.3) is 0 Å². The Bertz CT molecular complexity index is 570. The third-order valence-electron chi connectivity index (χ3n) is 5.27. The summed E-state index contributed by atoms with van der Waals surface area (Å²) in [6.07, 6.45) is 4.36. The van der Waals surface area contributed by atoms with Crippen LogP contribution in [0.3, 0.4) is 0 Å². The van der Waals surface area contributed by atoms with Gasteiger partial charge in [-0.15, -0.1) is 0 Å². The SMILES string of the molecule is CCc1ccc(N2CCC(N3CCC[C@H]3C(=O)O)CC2)c(F)c1. The molecule has 0 bridgehead atoms. The quantitative estimate of drug-likeness (QED) is 0.926. The summed E-state index contributed by atoms with van der Waals surface area (Å²) in [7, 11) is 0. The molecule has 2 aliphatic heterocycles. The molecular weight excluding hydrogens is 295 g/mol. The number of benzene rings is 1. The van der Waals surface area contributed by atoms with Crippen LogP contribution in [0.15, 0.2) is 18.2 Å². The smallest absolute Gasteiger partial charge is 0.320 e. The van der Waals surface area contributed by atoms with E-state index in [4.69, 9.17) is 0 Å². The normalized spacial score (nSPS) is 23.4. The summed E-state index contributed by atoms with van der Waals surface area (Å²) in [4.78, 5) is 15.6. The van der Waals surface area contributed by atoms with Gasteiger partial charge >= 0.3 is 5.97 Å². The van der Waals surface area contributed by atoms with Crippen molar-refractivity contribution >= 4 is 11.7 Å². The van der Waals surface area contributed by atoms with Crippen molar-refractivity contribution in [3.05, 3.63) is 29.6 Å². The van der Waals surface area contributed by atoms with Gasteiger partial charge in [-0.3, -0.25) is 9.69 Å². The van der Waals surface area contributed by atoms with Gasteiger partial charge in [0.25, 0.3) is 0 Å². The molecule has 0 amide bonds. The maximum atomic E-state index is 14.3. The molecule has 1 N–H and O–H groups in total. The first-order chi connectivity index (χ1) is 11.1. The van der Waals surface area contributed by atoms with E-state index in [0.717, 1.165) is 57.3 Å². The summed E-state index contributed by atoms with van der Waals surface area (Å²) in [6.45, 7) is 4.47. The Morgan fingerprint density at radius 2 is 2.00 bits per heavy atom. The minimum Gasteiger partial charge on any atom is -0.480 e. The summed E-state index contributed by atoms with van der Waals surface area (Å²) >= 11 is 0. The number of halogens is 1. The van der Waals surface area contributed by atoms with Gasteiger partial charge in [0, 0.05) is 19.1 Å². The number of carboxylic acids is 1. The Hall–Kier alpha value is -1.62. The average Bonchev–Trinajstić information content (AvgIpc) is 3.05. The largest absolute Gasteiger partial charge is 0.480 e. The fraction of sp³-hybridized carbons (Fsp3) is 0.611. The van der Waals surface area contributed by atoms with E-state index in [1.807, 2.05) is 19.1 Å². The zero-order chi connectivity index (χ0) is 16.4. The average molecular weight is 320 g/mol. The molecule has 1 atom stereocenters. The fourth-order valence-electron chi connectivity index (χ4n) is 3.96. The number of likely N-dealkylation sites (tertiary alicyclic amines) is 1. The van der Waals surface area contributed by atoms with Gasteiger partial charge in [-0.25, -0.2) is 4.39 Å². The molecule has 1 aromatic carbocycles. The number of anilines is 1. The highest BCUT2D eigenvalue weighted by molar-refractivity contribution is 5.73. The predicted octanol–water partition coefficient (Wildman–Crippen LogP) is 2.91. The van der Waals surface area contributed by atoms with Gasteiger partial charge in [-0.2, -0.15) is 0 Å². The van der Waals surface area contributed by atoms with Crippen molar-refractivity contribution in [3.63, 3.8) is 0 Å². The lowest BCUT2D eigenvalue weighted by Crippen LogP contribution is -2.49. The van der Waals surface area contributed by atoms with Gasteiger partial charge < -0.3 is 10.0 Å². The Morgan fingerprint density at radius 3 is 2.61 bits per heavy atom. The number of hydrogen-bond acceptors (Lipinski definition) is 3. The molecule has 0 saturated carbocycles. The van der Waals surface area contributed by atoms with Crippen LogP contribution in [-0.2, 0) is 11.2 Å². The molecule has 2 fully saturated rings. The van der Waals surface area contributed by atoms with Crippen molar-refractivity contribution in [2.45, 2.75) is 51.1 Å². The molecule has 0 spiro atoms. The van der Waals surface area contributed by atoms with Crippen LogP contribution < -0.4 is 4.90 Å². The molecule has 2 saturated heterocycles. The van der Waals surface area contributed by atoms with Gasteiger partial charge in [-0.1, -0.05) is 13.0 Å². The fourth-order valence-corrected chi connectivity index (χ4v) is 3.96. The maximum Gasteiger partial charge on any atom is 0.320 e. The van der Waals surface area contributed by atoms with E-state index in [1.54, 1.807) is 6.07 Å². The third-order valence-corrected chi connectivity index (χ3v) is 5.27. The van der Waals surface area contributed by atoms with Crippen molar-refractivity contribution < 1.29 is 14.3 Å². The summed E-state index contributed by atoms with van der Waals surface area (Å²) in [5.74, 6) is -0.849. The maximum absolute atomic E-state index is 14.3. The second-order valence-corrected chi connectivity index (χ2v) is 6.59. The molecular formula is C18H25FN2O2. The number of carboxylic acid groups (broad SMARTS) is 1. The van der Waals surface area contributed by atoms with Crippen LogP contribution in [0.4, 0.5) is 10.1 Å². The topological polar surface area (TPSA) is 43.8 Å². The molecule has 23 heavy (non-hydrogen) atoms. The van der Waals surface area contributed by atoms with E-state index in [1.165, 1.54) is 0 Å². The van der Waals surface area contributed by atoms with Crippen LogP contribution in [0, 0.1) is 5.82 Å². The van der Waals surface area contributed by atoms with Gasteiger partial charge in [0.2, 0.25) is 0 Å². The highest BCUT2D eigenvalue weighted by Crippen LogP contribution is 2.29. The summed E-state index contributed by atoms with van der Waals surface area (Å²) < 4.78 is 14.3. The van der Waals surface area contributed by atoms with E-state index < -0.39 is 5.97 Å². The number of aliphatic carboxylic acids is 1. The lowest BCUT2D eigenvalue weighted by molar-refractivity contribution is -0.143. The minimum atomic E-state index is -0.703. The number of nitrogens with zero attached hydrogens (tertiary/aromatic N) is 2. The number of carbonyl (C=O) groups is 1. The lowest BCUT2D eigenvalue weighted by Gasteiger charge is -2.39. The molecule has 3 rings (SSSR count). The molecule has 0 unspecified atom stereocenters. The number of rotatable bonds is 4. The Balaban J connectivity index is 1.63. The van der Waals surface area contributed by atoms with Gasteiger partial charge in [0.15, 0.2) is 0 Å². The summed E-state index contributed by atoms with van der Waals surface area (Å²) in [5.41, 5.74) is 1.69. The van der Waals surface area contributed by atoms with Crippen molar-refractivity contribution in [2.75, 3.05) is 24.5 Å². The number of hydrogen-bond donors (Lipinski definition) is 1. The van der Waals surface area contributed by atoms with E-state index in [0.29, 0.717) is 11.7 Å². The molecule has 2 aliphatic rings. The van der Waals surface area contributed by atoms with Crippen LogP contribution >= 0.6 is 0 Å². The number of piperidine rings is 1. The Labute approximate surface area is 136 Å². The van der Waals surface area contributed by atoms with E-state index in [9.17, 15) is 14.3 Å². The van der Waals surface area contributed by atoms with Crippen molar-refractivity contribution in [3.8, 4) is 0 Å². The second-order valence-electron chi connectivity index (χ2n) is 6.59. The zero-order valence-corrected chi connectivity index (χ0v) is 13.7. The van der Waals surface area contributed by atoms with Crippen molar-refractivity contribution in [2.24, 2.45) is 0 Å². The van der Waals surface area contributed by atoms with Gasteiger partial charge in [-0.05, 0) is 56.3 Å². The van der Waals surface area contributed by atoms with E-state index in [2.05, 4.69) is 9.80 Å². The molecule has 1 aromatic rings. The van der Waals surface area contributed by atoms with E-state index >= 15 is 0 Å². The predicted molar refractivity (Wildman–Crippen MR) is 88.4 cm³/mol. The molecule has 5 heteroatoms. The van der Waals surface area contributed by atoms with Crippen molar-refractivity contribution in [1.82, 2.24) is 4.90 Å². The third kappa shape index (κ3) is 3.34. The lowest BCUT2D eigenvalue weighted by atomic mass is 10.0. The highest BCUT2D eigenvalue weighted by Gasteiger charge is 2.36. The van der Waals surface area contributed by atoms with Crippen LogP contribution in [0.1, 0.15) is 38.2 Å². The first-order valence-electron chi connectivity index (χ1n) is 8.62. The molecule has 2 heterocycles. The molecule has 126 valence electrons. The molecule has 4 nitrogen and oxygen atoms in total. The Kier molecular flexibility index (Phi) is 4.85. The number of aryl methyl sites for hydroxylation is 1. The first-order valence-corrected chi connectivity index (χ1v) is 8.62. The second kappa shape index (κ2) is 6.87. The molecule has 0 radical (unpaired) electrons. The van der Waals surface area contributed by atoms with Crippen LogP contribution in [0.5, 0.6) is 0 Å². The summed E-state index contributed by atoms with van der Waals surface area (Å²) in [5, 5.41) is 9.33. The molecule has 0 aromatic heterocycles. The van der Waals surface area contributed by atoms with Crippen LogP contribution in [0.2, 0.25) is 0 Å². The Morgan fingerprint density at radius 1 is 1.26 bits per heavy atom. The summed E-state index contributed by atoms with van der Waals surface area (Å²) in [6, 6.07) is 5.48. The molecule has 0 aliphatic carbocycles. The van der Waals surface area contributed by atoms with Crippen molar-refractivity contribution in [1.29, 1.82) is 0 Å². The first kappa shape index (κ1) is 16.2. The van der Waals surface area contributed by atoms with Crippen LogP contribution in [-0.4, -0.2) is 47.7 Å². The standard InChI is InChI=1S/C18H25FN2O2/c1-2-13-5-6-16(15(19)12-13)20-10-7-14(8-11-20)21-9-3-4-17(21)18(22)23/h5-6,12,14,17H,2-4,7-11H2,1H3,(H,22,23)/t17-/m0/s1. The van der Waals surface area contributed by atoms with Gasteiger partial charge in [0.1, 0.15) is 11.9 Å². The van der Waals surface area contributed by atoms with E-state index in [-0.39, 0.29) is 11.9 Å². The monoisotopic (exact) mass is 320 g/mol. The minimum absolute atomic E-state index is 0.146. The highest BCUT2D eigenvalue weighted by atomic mass is 19.1. The van der Waals surface area contributed by atoms with Gasteiger partial charge in [0.05, 0.1) is 5.69 Å².